The van der Waals surface area contributed by atoms with E-state index in [0.29, 0.717) is 6.42 Å². The zero-order valence-electron chi connectivity index (χ0n) is 16.2. The molecule has 1 aromatic heterocycles. The fourth-order valence-electron chi connectivity index (χ4n) is 4.50. The van der Waals surface area contributed by atoms with Crippen LogP contribution in [0.1, 0.15) is 41.6 Å². The van der Waals surface area contributed by atoms with Crippen LogP contribution in [0.5, 0.6) is 0 Å². The lowest BCUT2D eigenvalue weighted by Crippen LogP contribution is -2.35. The Bertz CT molecular complexity index is 865. The molecule has 1 N–H and O–H groups in total. The molecule has 2 fully saturated rings. The largest absolute Gasteiger partial charge is 0.370 e. The average Bonchev–Trinajstić information content (AvgIpc) is 3.21. The molecule has 2 aliphatic rings. The van der Waals surface area contributed by atoms with Crippen molar-refractivity contribution in [2.75, 3.05) is 5.32 Å². The number of anilines is 1. The molecule has 2 saturated heterocycles. The van der Waals surface area contributed by atoms with Gasteiger partial charge in [0, 0.05) is 41.5 Å². The minimum absolute atomic E-state index is 0.0291. The van der Waals surface area contributed by atoms with Gasteiger partial charge in [0.1, 0.15) is 6.17 Å². The molecule has 3 heterocycles. The van der Waals surface area contributed by atoms with E-state index in [1.807, 2.05) is 12.3 Å². The monoisotopic (exact) mass is 366 g/mol. The van der Waals surface area contributed by atoms with Gasteiger partial charge in [0.05, 0.1) is 12.2 Å². The second-order valence-corrected chi connectivity index (χ2v) is 7.83. The third-order valence-corrected chi connectivity index (χ3v) is 6.09. The van der Waals surface area contributed by atoms with Gasteiger partial charge in [-0.15, -0.1) is 0 Å². The Morgan fingerprint density at radius 2 is 2.07 bits per heavy atom. The predicted molar refractivity (Wildman–Crippen MR) is 107 cm³/mol. The number of rotatable bonds is 5. The fraction of sp³-hybridized carbons (Fsp3) is 0.435. The average molecular weight is 366 g/mol. The highest BCUT2D eigenvalue weighted by Crippen LogP contribution is 2.52. The molecular weight excluding hydrogens is 339 g/mol. The second kappa shape index (κ2) is 7.08. The predicted octanol–water partition coefficient (Wildman–Crippen LogP) is 5.10. The minimum Gasteiger partial charge on any atom is -0.370 e. The lowest BCUT2D eigenvalue weighted by molar-refractivity contribution is 0.0752. The lowest BCUT2D eigenvalue weighted by atomic mass is 9.73. The zero-order chi connectivity index (χ0) is 19.1. The molecule has 27 heavy (non-hydrogen) atoms. The maximum atomic E-state index is 14.5. The van der Waals surface area contributed by atoms with E-state index in [9.17, 15) is 4.39 Å². The Morgan fingerprint density at radius 1 is 1.26 bits per heavy atom. The molecule has 4 rings (SSSR count). The van der Waals surface area contributed by atoms with Crippen molar-refractivity contribution in [1.82, 2.24) is 4.98 Å². The van der Waals surface area contributed by atoms with Crippen molar-refractivity contribution < 1.29 is 9.13 Å². The van der Waals surface area contributed by atoms with Crippen LogP contribution in [0.15, 0.2) is 48.8 Å². The van der Waals surface area contributed by atoms with Crippen molar-refractivity contribution in [2.24, 2.45) is 5.92 Å². The van der Waals surface area contributed by atoms with Crippen molar-refractivity contribution in [3.05, 3.63) is 71.2 Å². The summed E-state index contributed by atoms with van der Waals surface area (Å²) in [5.41, 5.74) is 6.54. The van der Waals surface area contributed by atoms with Gasteiger partial charge in [-0.25, -0.2) is 4.39 Å². The maximum Gasteiger partial charge on any atom is 0.129 e. The van der Waals surface area contributed by atoms with Gasteiger partial charge in [0.25, 0.3) is 0 Å². The summed E-state index contributed by atoms with van der Waals surface area (Å²) in [5, 5.41) is 3.47. The van der Waals surface area contributed by atoms with Crippen LogP contribution in [-0.4, -0.2) is 23.4 Å². The third kappa shape index (κ3) is 3.27. The number of hydrogen-bond acceptors (Lipinski definition) is 3. The number of hydrogen-bond donors (Lipinski definition) is 1. The van der Waals surface area contributed by atoms with E-state index in [0.717, 1.165) is 29.1 Å². The fourth-order valence-corrected chi connectivity index (χ4v) is 4.50. The molecular formula is C23H27FN2O. The number of nitrogens with zero attached hydrogens (tertiary/aromatic N) is 1. The summed E-state index contributed by atoms with van der Waals surface area (Å²) in [5.74, 6) is 0.0225. The number of alkyl halides is 1. The highest BCUT2D eigenvalue weighted by atomic mass is 19.1. The van der Waals surface area contributed by atoms with Gasteiger partial charge < -0.3 is 10.1 Å². The van der Waals surface area contributed by atoms with Crippen LogP contribution in [0.3, 0.4) is 0 Å². The molecule has 142 valence electrons. The topological polar surface area (TPSA) is 34.1 Å². The SMILES string of the molecule is C=C(Nc1ccc(C)c(C)c1)C1C2CC(F)C(O2)C1c1ccnc(CC)c1. The normalized spacial score (nSPS) is 29.1. The van der Waals surface area contributed by atoms with Crippen LogP contribution in [0.2, 0.25) is 0 Å². The van der Waals surface area contributed by atoms with E-state index in [1.54, 1.807) is 0 Å². The van der Waals surface area contributed by atoms with Gasteiger partial charge in [-0.3, -0.25) is 4.98 Å². The number of fused-ring (bicyclic) bond motifs is 2. The Morgan fingerprint density at radius 3 is 2.81 bits per heavy atom. The molecule has 2 aromatic rings. The maximum absolute atomic E-state index is 14.5. The number of ether oxygens (including phenoxy) is 1. The van der Waals surface area contributed by atoms with E-state index in [-0.39, 0.29) is 17.9 Å². The van der Waals surface area contributed by atoms with E-state index in [2.05, 4.69) is 61.9 Å². The van der Waals surface area contributed by atoms with Crippen LogP contribution in [0.4, 0.5) is 10.1 Å². The summed E-state index contributed by atoms with van der Waals surface area (Å²) < 4.78 is 20.6. The number of aromatic nitrogens is 1. The molecule has 4 heteroatoms. The van der Waals surface area contributed by atoms with E-state index >= 15 is 0 Å². The number of aryl methyl sites for hydroxylation is 3. The van der Waals surface area contributed by atoms with Gasteiger partial charge in [-0.05, 0) is 61.2 Å². The first-order valence-electron chi connectivity index (χ1n) is 9.75. The Balaban J connectivity index is 1.62. The summed E-state index contributed by atoms with van der Waals surface area (Å²) >= 11 is 0. The number of halogens is 1. The van der Waals surface area contributed by atoms with Crippen LogP contribution < -0.4 is 5.32 Å². The molecule has 0 radical (unpaired) electrons. The van der Waals surface area contributed by atoms with Gasteiger partial charge in [0.15, 0.2) is 0 Å². The molecule has 2 aliphatic heterocycles. The first-order chi connectivity index (χ1) is 13.0. The number of benzene rings is 1. The van der Waals surface area contributed by atoms with Gasteiger partial charge in [0.2, 0.25) is 0 Å². The van der Waals surface area contributed by atoms with Crippen LogP contribution in [0, 0.1) is 19.8 Å². The van der Waals surface area contributed by atoms with Crippen molar-refractivity contribution in [3.63, 3.8) is 0 Å². The van der Waals surface area contributed by atoms with E-state index < -0.39 is 12.3 Å². The smallest absolute Gasteiger partial charge is 0.129 e. The first kappa shape index (κ1) is 18.2. The molecule has 0 amide bonds. The van der Waals surface area contributed by atoms with Gasteiger partial charge in [-0.1, -0.05) is 19.6 Å². The number of pyridine rings is 1. The molecule has 0 aliphatic carbocycles. The van der Waals surface area contributed by atoms with Crippen LogP contribution >= 0.6 is 0 Å². The standard InChI is InChI=1S/C23H27FN2O/c1-5-17-11-16(8-9-25-17)22-21(20-12-19(24)23(22)27-20)15(4)26-18-7-6-13(2)14(3)10-18/h6-11,19-23,26H,4-5,12H2,1-3H3. The van der Waals surface area contributed by atoms with Crippen molar-refractivity contribution in [2.45, 2.75) is 57.9 Å². The molecule has 2 bridgehead atoms. The summed E-state index contributed by atoms with van der Waals surface area (Å²) in [6.45, 7) is 10.6. The van der Waals surface area contributed by atoms with Crippen molar-refractivity contribution in [3.8, 4) is 0 Å². The van der Waals surface area contributed by atoms with E-state index in [1.165, 1.54) is 11.1 Å². The van der Waals surface area contributed by atoms with Crippen LogP contribution in [0.25, 0.3) is 0 Å². The minimum atomic E-state index is -0.913. The van der Waals surface area contributed by atoms with Crippen molar-refractivity contribution >= 4 is 5.69 Å². The molecule has 5 unspecified atom stereocenters. The zero-order valence-corrected chi connectivity index (χ0v) is 16.2. The van der Waals surface area contributed by atoms with Crippen LogP contribution in [-0.2, 0) is 11.2 Å². The quantitative estimate of drug-likeness (QED) is 0.800. The lowest BCUT2D eigenvalue weighted by Gasteiger charge is -2.32. The molecule has 0 saturated carbocycles. The van der Waals surface area contributed by atoms with Gasteiger partial charge >= 0.3 is 0 Å². The highest BCUT2D eigenvalue weighted by Gasteiger charge is 2.56. The van der Waals surface area contributed by atoms with Crippen molar-refractivity contribution in [1.29, 1.82) is 0 Å². The summed E-state index contributed by atoms with van der Waals surface area (Å²) in [6.07, 6.45) is 1.70. The molecule has 0 spiro atoms. The molecule has 3 nitrogen and oxygen atoms in total. The number of nitrogens with one attached hydrogen (secondary N) is 1. The highest BCUT2D eigenvalue weighted by molar-refractivity contribution is 5.52. The Labute approximate surface area is 160 Å². The summed E-state index contributed by atoms with van der Waals surface area (Å²) in [7, 11) is 0. The third-order valence-electron chi connectivity index (χ3n) is 6.09. The summed E-state index contributed by atoms with van der Waals surface area (Å²) in [6, 6.07) is 10.4. The molecule has 5 atom stereocenters. The molecule has 1 aromatic carbocycles. The second-order valence-electron chi connectivity index (χ2n) is 7.83. The Hall–Kier alpha value is -2.20. The Kier molecular flexibility index (Phi) is 4.77. The van der Waals surface area contributed by atoms with E-state index in [4.69, 9.17) is 4.74 Å². The van der Waals surface area contributed by atoms with Gasteiger partial charge in [-0.2, -0.15) is 0 Å². The summed E-state index contributed by atoms with van der Waals surface area (Å²) in [4.78, 5) is 4.39. The first-order valence-corrected chi connectivity index (χ1v) is 9.75.